The van der Waals surface area contributed by atoms with Crippen molar-refractivity contribution in [1.82, 2.24) is 4.90 Å². The molecule has 1 aromatic rings. The number of carbonyl (C=O) groups is 2. The third-order valence-electron chi connectivity index (χ3n) is 5.45. The van der Waals surface area contributed by atoms with Crippen LogP contribution in [-0.4, -0.2) is 34.5 Å². The first kappa shape index (κ1) is 22.7. The van der Waals surface area contributed by atoms with E-state index in [-0.39, 0.29) is 28.8 Å². The van der Waals surface area contributed by atoms with Crippen LogP contribution in [0.3, 0.4) is 0 Å². The van der Waals surface area contributed by atoms with Crippen molar-refractivity contribution >= 4 is 23.6 Å². The molecule has 0 aliphatic carbocycles. The number of phenols is 1. The standard InChI is InChI=1S/C24H33NO4S/c1-13(2)29-22(28)15-9-10-25-20(27)19(30-21(15)25)14-11-16(23(3,4)5)18(26)17(12-14)24(6,7)8/h11-13,19,26H,9-10H2,1-8H3. The molecule has 30 heavy (non-hydrogen) atoms. The average Bonchev–Trinajstić information content (AvgIpc) is 3.13. The zero-order chi connectivity index (χ0) is 22.6. The van der Waals surface area contributed by atoms with Gasteiger partial charge in [-0.3, -0.25) is 4.79 Å². The molecule has 1 amide bonds. The summed E-state index contributed by atoms with van der Waals surface area (Å²) in [7, 11) is 0. The number of aromatic hydroxyl groups is 1. The molecule has 1 saturated heterocycles. The average molecular weight is 432 g/mol. The number of ether oxygens (including phenoxy) is 1. The molecule has 1 aromatic carbocycles. The van der Waals surface area contributed by atoms with E-state index in [1.165, 1.54) is 11.8 Å². The first-order valence-corrected chi connectivity index (χ1v) is 11.4. The van der Waals surface area contributed by atoms with Gasteiger partial charge < -0.3 is 14.7 Å². The minimum Gasteiger partial charge on any atom is -0.507 e. The minimum absolute atomic E-state index is 0.00671. The van der Waals surface area contributed by atoms with Crippen molar-refractivity contribution in [2.75, 3.05) is 6.54 Å². The monoisotopic (exact) mass is 431 g/mol. The molecule has 2 heterocycles. The SMILES string of the molecule is CC(C)OC(=O)C1=C2SC(c3cc(C(C)(C)C)c(O)c(C(C)(C)C)c3)C(=O)N2CC1. The molecule has 1 unspecified atom stereocenters. The van der Waals surface area contributed by atoms with E-state index < -0.39 is 5.25 Å². The van der Waals surface area contributed by atoms with Crippen LogP contribution < -0.4 is 0 Å². The Balaban J connectivity index is 2.07. The van der Waals surface area contributed by atoms with E-state index in [1.54, 1.807) is 4.90 Å². The van der Waals surface area contributed by atoms with E-state index in [2.05, 4.69) is 41.5 Å². The highest BCUT2D eigenvalue weighted by molar-refractivity contribution is 8.04. The summed E-state index contributed by atoms with van der Waals surface area (Å²) < 4.78 is 5.38. The van der Waals surface area contributed by atoms with Gasteiger partial charge >= 0.3 is 5.97 Å². The number of rotatable bonds is 3. The Hall–Kier alpha value is -1.95. The number of benzene rings is 1. The van der Waals surface area contributed by atoms with Gasteiger partial charge in [0.05, 0.1) is 16.7 Å². The lowest BCUT2D eigenvalue weighted by Crippen LogP contribution is -2.24. The van der Waals surface area contributed by atoms with Crippen LogP contribution in [0.4, 0.5) is 0 Å². The summed E-state index contributed by atoms with van der Waals surface area (Å²) in [5, 5.41) is 11.3. The van der Waals surface area contributed by atoms with Gasteiger partial charge in [-0.1, -0.05) is 53.3 Å². The molecule has 0 radical (unpaired) electrons. The normalized spacial score (nSPS) is 19.7. The summed E-state index contributed by atoms with van der Waals surface area (Å²) >= 11 is 1.42. The quantitative estimate of drug-likeness (QED) is 0.669. The zero-order valence-electron chi connectivity index (χ0n) is 19.3. The van der Waals surface area contributed by atoms with Gasteiger partial charge in [-0.25, -0.2) is 4.79 Å². The van der Waals surface area contributed by atoms with Gasteiger partial charge in [0, 0.05) is 13.0 Å². The molecule has 3 rings (SSSR count). The van der Waals surface area contributed by atoms with Crippen LogP contribution in [0, 0.1) is 0 Å². The van der Waals surface area contributed by atoms with Crippen molar-refractivity contribution in [2.45, 2.75) is 84.0 Å². The molecule has 0 saturated carbocycles. The number of nitrogens with zero attached hydrogens (tertiary/aromatic N) is 1. The fourth-order valence-corrected chi connectivity index (χ4v) is 5.24. The van der Waals surface area contributed by atoms with Crippen LogP contribution in [0.2, 0.25) is 0 Å². The Bertz CT molecular complexity index is 883. The van der Waals surface area contributed by atoms with Crippen molar-refractivity contribution in [1.29, 1.82) is 0 Å². The molecule has 164 valence electrons. The van der Waals surface area contributed by atoms with E-state index in [4.69, 9.17) is 4.74 Å². The van der Waals surface area contributed by atoms with E-state index in [9.17, 15) is 14.7 Å². The van der Waals surface area contributed by atoms with Crippen molar-refractivity contribution in [3.8, 4) is 5.75 Å². The first-order chi connectivity index (χ1) is 13.7. The summed E-state index contributed by atoms with van der Waals surface area (Å²) in [4.78, 5) is 27.5. The maximum atomic E-state index is 13.2. The van der Waals surface area contributed by atoms with Crippen LogP contribution in [0.5, 0.6) is 5.75 Å². The fraction of sp³-hybridized carbons (Fsp3) is 0.583. The third-order valence-corrected chi connectivity index (χ3v) is 6.85. The van der Waals surface area contributed by atoms with E-state index in [0.717, 1.165) is 21.7 Å². The summed E-state index contributed by atoms with van der Waals surface area (Å²) in [6.45, 7) is 16.5. The predicted octanol–water partition coefficient (Wildman–Crippen LogP) is 5.17. The number of amides is 1. The summed E-state index contributed by atoms with van der Waals surface area (Å²) in [6, 6.07) is 3.91. The van der Waals surface area contributed by atoms with E-state index in [0.29, 0.717) is 24.3 Å². The Kier molecular flexibility index (Phi) is 5.78. The van der Waals surface area contributed by atoms with Crippen molar-refractivity contribution < 1.29 is 19.4 Å². The lowest BCUT2D eigenvalue weighted by atomic mass is 9.78. The molecule has 2 aliphatic heterocycles. The maximum Gasteiger partial charge on any atom is 0.336 e. The summed E-state index contributed by atoms with van der Waals surface area (Å²) in [5.41, 5.74) is 2.59. The maximum absolute atomic E-state index is 13.2. The topological polar surface area (TPSA) is 66.8 Å². The van der Waals surface area contributed by atoms with E-state index in [1.807, 2.05) is 26.0 Å². The zero-order valence-corrected chi connectivity index (χ0v) is 20.1. The van der Waals surface area contributed by atoms with Gasteiger partial charge in [-0.2, -0.15) is 0 Å². The minimum atomic E-state index is -0.426. The lowest BCUT2D eigenvalue weighted by molar-refractivity contribution is -0.142. The molecule has 5 nitrogen and oxygen atoms in total. The Morgan fingerprint density at radius 1 is 1.13 bits per heavy atom. The number of carbonyl (C=O) groups excluding carboxylic acids is 2. The number of thioether (sulfide) groups is 1. The molecule has 0 aromatic heterocycles. The number of hydrogen-bond donors (Lipinski definition) is 1. The third kappa shape index (κ3) is 4.11. The van der Waals surface area contributed by atoms with Crippen molar-refractivity contribution in [3.05, 3.63) is 39.4 Å². The highest BCUT2D eigenvalue weighted by atomic mass is 32.2. The van der Waals surface area contributed by atoms with Crippen LogP contribution in [-0.2, 0) is 25.2 Å². The van der Waals surface area contributed by atoms with Crippen LogP contribution in [0.1, 0.15) is 83.8 Å². The number of hydrogen-bond acceptors (Lipinski definition) is 5. The molecular weight excluding hydrogens is 398 g/mol. The second-order valence-corrected chi connectivity index (χ2v) is 11.5. The highest BCUT2D eigenvalue weighted by Gasteiger charge is 2.44. The smallest absolute Gasteiger partial charge is 0.336 e. The molecule has 0 bridgehead atoms. The molecule has 0 spiro atoms. The fourth-order valence-electron chi connectivity index (χ4n) is 3.88. The van der Waals surface area contributed by atoms with Gasteiger partial charge in [0.2, 0.25) is 5.91 Å². The van der Waals surface area contributed by atoms with Gasteiger partial charge in [0.25, 0.3) is 0 Å². The number of esters is 1. The molecule has 2 aliphatic rings. The van der Waals surface area contributed by atoms with E-state index >= 15 is 0 Å². The largest absolute Gasteiger partial charge is 0.507 e. The summed E-state index contributed by atoms with van der Waals surface area (Å²) in [5.74, 6) is -0.0391. The van der Waals surface area contributed by atoms with Crippen LogP contribution in [0.25, 0.3) is 0 Å². The van der Waals surface area contributed by atoms with Gasteiger partial charge in [0.15, 0.2) is 0 Å². The summed E-state index contributed by atoms with van der Waals surface area (Å²) in [6.07, 6.45) is 0.334. The Morgan fingerprint density at radius 2 is 1.67 bits per heavy atom. The second kappa shape index (κ2) is 7.63. The second-order valence-electron chi connectivity index (χ2n) is 10.4. The van der Waals surface area contributed by atoms with Crippen molar-refractivity contribution in [2.24, 2.45) is 0 Å². The number of phenolic OH excluding ortho intramolecular Hbond substituents is 1. The Labute approximate surface area is 183 Å². The van der Waals surface area contributed by atoms with Crippen LogP contribution in [0.15, 0.2) is 22.7 Å². The lowest BCUT2D eigenvalue weighted by Gasteiger charge is -2.29. The van der Waals surface area contributed by atoms with Gasteiger partial charge in [-0.15, -0.1) is 0 Å². The molecular formula is C24H33NO4S. The Morgan fingerprint density at radius 3 is 2.13 bits per heavy atom. The van der Waals surface area contributed by atoms with Crippen LogP contribution >= 0.6 is 11.8 Å². The van der Waals surface area contributed by atoms with Gasteiger partial charge in [0.1, 0.15) is 11.0 Å². The van der Waals surface area contributed by atoms with Crippen molar-refractivity contribution in [3.63, 3.8) is 0 Å². The van der Waals surface area contributed by atoms with Gasteiger partial charge in [-0.05, 0) is 53.5 Å². The molecule has 1 atom stereocenters. The molecule has 1 fully saturated rings. The highest BCUT2D eigenvalue weighted by Crippen LogP contribution is 2.51. The predicted molar refractivity (Wildman–Crippen MR) is 120 cm³/mol. The molecule has 1 N–H and O–H groups in total. The number of fused-ring (bicyclic) bond motifs is 1. The first-order valence-electron chi connectivity index (χ1n) is 10.5. The molecule has 6 heteroatoms.